The molecular weight excluding hydrogens is 979 g/mol. The Balaban J connectivity index is 0.000000169. The number of nitrogens with one attached hydrogen (secondary N) is 1. The second-order valence-corrected chi connectivity index (χ2v) is 20.7. The second-order valence-electron chi connectivity index (χ2n) is 14.3. The van der Waals surface area contributed by atoms with E-state index in [1.807, 2.05) is 91.0 Å². The summed E-state index contributed by atoms with van der Waals surface area (Å²) in [5.74, 6) is 1.01. The van der Waals surface area contributed by atoms with Gasteiger partial charge in [0, 0.05) is 51.8 Å². The first kappa shape index (κ1) is 47.7. The molecule has 7 aromatic carbocycles. The van der Waals surface area contributed by atoms with Crippen molar-refractivity contribution in [2.24, 2.45) is 5.73 Å². The second kappa shape index (κ2) is 22.3. The first-order chi connectivity index (χ1) is 32.0. The van der Waals surface area contributed by atoms with Crippen LogP contribution in [0.25, 0.3) is 21.5 Å². The molecule has 2 heterocycles. The molecule has 66 heavy (non-hydrogen) atoms. The highest BCUT2D eigenvalue weighted by atomic mass is 79.9. The molecule has 0 aliphatic carbocycles. The van der Waals surface area contributed by atoms with E-state index < -0.39 is 19.9 Å². The molecule has 0 saturated carbocycles. The third-order valence-corrected chi connectivity index (χ3v) is 15.8. The fourth-order valence-corrected chi connectivity index (χ4v) is 11.5. The Morgan fingerprint density at radius 1 is 0.667 bits per heavy atom. The van der Waals surface area contributed by atoms with E-state index in [9.17, 15) is 16.8 Å². The van der Waals surface area contributed by atoms with Crippen molar-refractivity contribution in [2.45, 2.75) is 35.2 Å². The number of nitrogens with zero attached hydrogens (tertiary/aromatic N) is 5. The molecule has 9 aromatic rings. The zero-order chi connectivity index (χ0) is 46.5. The number of fused-ring (bicyclic) bond motifs is 2. The highest BCUT2D eigenvalue weighted by Crippen LogP contribution is 2.34. The fourth-order valence-electron chi connectivity index (χ4n) is 6.70. The summed E-state index contributed by atoms with van der Waals surface area (Å²) in [4.78, 5) is 8.59. The SMILES string of the molecule is COc1ccc(CN(c2ncns2)S(=O)(=O)c2ccc3c(Br)cccc3c2)c(OC)c1.NCc1ccccc1.O=S(=O)(Cc1ncns1)c1ccc2c(NCc3ccccc3)cccc2c1. The van der Waals surface area contributed by atoms with Gasteiger partial charge >= 0.3 is 0 Å². The van der Waals surface area contributed by atoms with E-state index in [0.717, 1.165) is 54.8 Å². The van der Waals surface area contributed by atoms with Crippen molar-refractivity contribution in [1.29, 1.82) is 0 Å². The molecule has 2 aromatic heterocycles. The molecule has 0 spiro atoms. The molecule has 9 rings (SSSR count). The number of halogens is 1. The standard InChI is InChI=1S/C21H18BrN3O4S2.C20H17N3O2S2.C7H9N/c1-28-16-7-6-15(20(11-16)29-2)12-25(21-23-13-24-30-21)31(26,27)17-8-9-18-14(10-17)4-3-5-19(18)22;24-27(25,13-20-22-14-23-26-20)17-9-10-18-16(11-17)7-4-8-19(18)21-12-15-5-2-1-3-6-15;8-6-7-4-2-1-3-5-7/h3-11,13H,12H2,1-2H3;1-11,14,21H,12-13H2;1-5H,6,8H2. The van der Waals surface area contributed by atoms with Gasteiger partial charge in [0.15, 0.2) is 9.84 Å². The first-order valence-corrected chi connectivity index (χ1v) is 25.6. The normalized spacial score (nSPS) is 11.2. The Kier molecular flexibility index (Phi) is 16.1. The first-order valence-electron chi connectivity index (χ1n) is 20.2. The van der Waals surface area contributed by atoms with Gasteiger partial charge in [-0.3, -0.25) is 0 Å². The van der Waals surface area contributed by atoms with Crippen molar-refractivity contribution < 1.29 is 26.3 Å². The van der Waals surface area contributed by atoms with Crippen LogP contribution in [0, 0.1) is 0 Å². The Morgan fingerprint density at radius 2 is 1.32 bits per heavy atom. The molecule has 3 N–H and O–H groups in total. The summed E-state index contributed by atoms with van der Waals surface area (Å²) in [6.07, 6.45) is 2.71. The molecule has 0 aliphatic heterocycles. The van der Waals surface area contributed by atoms with E-state index >= 15 is 0 Å². The predicted molar refractivity (Wildman–Crippen MR) is 267 cm³/mol. The van der Waals surface area contributed by atoms with Gasteiger partial charge in [-0.25, -0.2) is 31.1 Å². The molecule has 0 fully saturated rings. The third kappa shape index (κ3) is 11.9. The van der Waals surface area contributed by atoms with Gasteiger partial charge in [0.1, 0.15) is 34.9 Å². The number of ether oxygens (including phenoxy) is 2. The quantitative estimate of drug-likeness (QED) is 0.105. The van der Waals surface area contributed by atoms with Crippen LogP contribution in [-0.4, -0.2) is 49.8 Å². The van der Waals surface area contributed by atoms with Gasteiger partial charge in [0.2, 0.25) is 5.13 Å². The largest absolute Gasteiger partial charge is 0.497 e. The van der Waals surface area contributed by atoms with E-state index in [4.69, 9.17) is 15.2 Å². The maximum atomic E-state index is 13.7. The topological polar surface area (TPSA) is 180 Å². The number of benzene rings is 7. The number of aromatic nitrogens is 4. The molecule has 18 heteroatoms. The Bertz CT molecular complexity index is 3220. The van der Waals surface area contributed by atoms with Gasteiger partial charge in [-0.05, 0) is 87.3 Å². The number of sulfonamides is 1. The summed E-state index contributed by atoms with van der Waals surface area (Å²) in [6.45, 7) is 1.37. The zero-order valence-electron chi connectivity index (χ0n) is 35.7. The lowest BCUT2D eigenvalue weighted by Crippen LogP contribution is -2.30. The Labute approximate surface area is 400 Å². The molecule has 13 nitrogen and oxygen atoms in total. The molecule has 0 aliphatic rings. The van der Waals surface area contributed by atoms with Crippen LogP contribution in [0.4, 0.5) is 10.8 Å². The molecule has 0 unspecified atom stereocenters. The minimum atomic E-state index is -3.93. The van der Waals surface area contributed by atoms with Gasteiger partial charge in [-0.15, -0.1) is 0 Å². The number of hydrogen-bond acceptors (Lipinski definition) is 14. The number of hydrogen-bond donors (Lipinski definition) is 2. The molecule has 0 radical (unpaired) electrons. The number of anilines is 2. The van der Waals surface area contributed by atoms with Crippen LogP contribution in [0.5, 0.6) is 11.5 Å². The van der Waals surface area contributed by atoms with E-state index in [2.05, 4.69) is 52.1 Å². The van der Waals surface area contributed by atoms with Crippen molar-refractivity contribution in [1.82, 2.24) is 18.7 Å². The smallest absolute Gasteiger partial charge is 0.266 e. The lowest BCUT2D eigenvalue weighted by Gasteiger charge is -2.23. The average molecular weight is 1020 g/mol. The van der Waals surface area contributed by atoms with Crippen molar-refractivity contribution >= 4 is 91.2 Å². The van der Waals surface area contributed by atoms with Gasteiger partial charge < -0.3 is 20.5 Å². The molecule has 0 bridgehead atoms. The minimum Gasteiger partial charge on any atom is -0.497 e. The Hall–Kier alpha value is -6.28. The summed E-state index contributed by atoms with van der Waals surface area (Å²) in [5, 5.41) is 7.81. The Morgan fingerprint density at radius 3 is 1.97 bits per heavy atom. The molecule has 0 amide bonds. The summed E-state index contributed by atoms with van der Waals surface area (Å²) in [6, 6.07) is 47.2. The van der Waals surface area contributed by atoms with Crippen LogP contribution in [0.15, 0.2) is 179 Å². The fraction of sp³-hybridized carbons (Fsp3) is 0.125. The summed E-state index contributed by atoms with van der Waals surface area (Å²) < 4.78 is 73.4. The van der Waals surface area contributed by atoms with Crippen LogP contribution >= 0.6 is 39.0 Å². The van der Waals surface area contributed by atoms with Gasteiger partial charge in [0.05, 0.1) is 30.6 Å². The average Bonchev–Trinajstić information content (AvgIpc) is 4.09. The number of methoxy groups -OCH3 is 2. The van der Waals surface area contributed by atoms with Crippen molar-refractivity contribution in [2.75, 3.05) is 23.8 Å². The van der Waals surface area contributed by atoms with Gasteiger partial charge in [-0.1, -0.05) is 113 Å². The summed E-state index contributed by atoms with van der Waals surface area (Å²) in [7, 11) is -4.29. The van der Waals surface area contributed by atoms with Crippen molar-refractivity contribution in [3.63, 3.8) is 0 Å². The van der Waals surface area contributed by atoms with Gasteiger partial charge in [0.25, 0.3) is 10.0 Å². The molecule has 0 atom stereocenters. The van der Waals surface area contributed by atoms with E-state index in [-0.39, 0.29) is 22.3 Å². The minimum absolute atomic E-state index is 0.0290. The van der Waals surface area contributed by atoms with Gasteiger partial charge in [-0.2, -0.15) is 8.75 Å². The molecule has 338 valence electrons. The van der Waals surface area contributed by atoms with Crippen LogP contribution in [0.1, 0.15) is 21.7 Å². The van der Waals surface area contributed by atoms with Crippen LogP contribution < -0.4 is 24.8 Å². The van der Waals surface area contributed by atoms with Crippen LogP contribution in [0.3, 0.4) is 0 Å². The number of nitrogens with two attached hydrogens (primary N) is 1. The number of sulfone groups is 1. The van der Waals surface area contributed by atoms with E-state index in [1.54, 1.807) is 55.6 Å². The maximum absolute atomic E-state index is 13.7. The number of rotatable bonds is 14. The van der Waals surface area contributed by atoms with Crippen molar-refractivity contribution in [3.05, 3.63) is 190 Å². The predicted octanol–water partition coefficient (Wildman–Crippen LogP) is 10.3. The lowest BCUT2D eigenvalue weighted by atomic mass is 10.1. The lowest BCUT2D eigenvalue weighted by molar-refractivity contribution is 0.391. The zero-order valence-corrected chi connectivity index (χ0v) is 40.5. The van der Waals surface area contributed by atoms with Crippen LogP contribution in [0.2, 0.25) is 0 Å². The van der Waals surface area contributed by atoms with E-state index in [0.29, 0.717) is 40.1 Å². The molecule has 0 saturated heterocycles. The molecular formula is C48H44BrN7O6S4. The highest BCUT2D eigenvalue weighted by Gasteiger charge is 2.29. The van der Waals surface area contributed by atoms with Crippen molar-refractivity contribution in [3.8, 4) is 11.5 Å². The summed E-state index contributed by atoms with van der Waals surface area (Å²) in [5.41, 5.74) is 9.37. The monoisotopic (exact) mass is 1020 g/mol. The van der Waals surface area contributed by atoms with Crippen LogP contribution in [-0.2, 0) is 45.2 Å². The van der Waals surface area contributed by atoms with E-state index in [1.165, 1.54) is 35.2 Å². The maximum Gasteiger partial charge on any atom is 0.266 e. The third-order valence-electron chi connectivity index (χ3n) is 10.1. The highest BCUT2D eigenvalue weighted by molar-refractivity contribution is 9.10. The summed E-state index contributed by atoms with van der Waals surface area (Å²) >= 11 is 5.62.